The average Bonchev–Trinajstić information content (AvgIpc) is 2.85. The van der Waals surface area contributed by atoms with Crippen LogP contribution in [0.15, 0.2) is 54.6 Å². The van der Waals surface area contributed by atoms with Crippen LogP contribution in [0.1, 0.15) is 18.1 Å². The minimum Gasteiger partial charge on any atom is -0.494 e. The minimum atomic E-state index is 0.00693. The molecule has 0 N–H and O–H groups in total. The van der Waals surface area contributed by atoms with Crippen molar-refractivity contribution in [2.45, 2.75) is 20.8 Å². The Balaban J connectivity index is 1.29. The van der Waals surface area contributed by atoms with Gasteiger partial charge in [-0.1, -0.05) is 12.1 Å². The fraction of sp³-hybridized carbons (Fsp3) is 0.346. The first kappa shape index (κ1) is 22.6. The summed E-state index contributed by atoms with van der Waals surface area (Å²) in [4.78, 5) is 16.6. The number of carbonyl (C=O) groups excluding carboxylic acids is 1. The molecule has 2 aromatic carbocycles. The van der Waals surface area contributed by atoms with Gasteiger partial charge >= 0.3 is 0 Å². The molecule has 0 unspecified atom stereocenters. The van der Waals surface area contributed by atoms with Gasteiger partial charge in [0.15, 0.2) is 12.4 Å². The Bertz CT molecular complexity index is 1080. The van der Waals surface area contributed by atoms with E-state index < -0.39 is 0 Å². The van der Waals surface area contributed by atoms with Crippen LogP contribution in [0.25, 0.3) is 11.3 Å². The molecule has 1 fully saturated rings. The fourth-order valence-corrected chi connectivity index (χ4v) is 3.81. The Hall–Kier alpha value is -3.61. The second kappa shape index (κ2) is 10.3. The maximum absolute atomic E-state index is 12.6. The lowest BCUT2D eigenvalue weighted by Gasteiger charge is -2.35. The molecule has 0 spiro atoms. The number of carbonyl (C=O) groups is 1. The number of aryl methyl sites for hydroxylation is 2. The van der Waals surface area contributed by atoms with Crippen molar-refractivity contribution in [1.29, 1.82) is 0 Å². The number of ether oxygens (including phenoxy) is 2. The number of amides is 1. The molecule has 3 aromatic rings. The first-order valence-electron chi connectivity index (χ1n) is 11.3. The van der Waals surface area contributed by atoms with Crippen LogP contribution in [-0.2, 0) is 4.79 Å². The van der Waals surface area contributed by atoms with Crippen molar-refractivity contribution >= 4 is 11.7 Å². The number of hydrogen-bond acceptors (Lipinski definition) is 6. The standard InChI is InChI=1S/C26H30N4O3/c1-4-32-22-9-7-21(8-10-22)23-11-12-25(28-27-23)29-13-15-30(16-14-29)26(31)18-33-24-17-19(2)5-6-20(24)3/h5-12,17H,4,13-16,18H2,1-3H3. The van der Waals surface area contributed by atoms with Gasteiger partial charge in [0, 0.05) is 31.7 Å². The van der Waals surface area contributed by atoms with E-state index in [1.165, 1.54) is 0 Å². The smallest absolute Gasteiger partial charge is 0.260 e. The Kier molecular flexibility index (Phi) is 7.07. The third-order valence-corrected chi connectivity index (χ3v) is 5.76. The van der Waals surface area contributed by atoms with Crippen LogP contribution in [0.2, 0.25) is 0 Å². The lowest BCUT2D eigenvalue weighted by Crippen LogP contribution is -2.50. The van der Waals surface area contributed by atoms with Gasteiger partial charge in [0.2, 0.25) is 0 Å². The number of anilines is 1. The highest BCUT2D eigenvalue weighted by Gasteiger charge is 2.22. The third kappa shape index (κ3) is 5.61. The molecule has 172 valence electrons. The van der Waals surface area contributed by atoms with Crippen LogP contribution in [0.4, 0.5) is 5.82 Å². The monoisotopic (exact) mass is 446 g/mol. The summed E-state index contributed by atoms with van der Waals surface area (Å²) in [6, 6.07) is 17.8. The van der Waals surface area contributed by atoms with Gasteiger partial charge in [-0.25, -0.2) is 0 Å². The van der Waals surface area contributed by atoms with Crippen LogP contribution in [0.3, 0.4) is 0 Å². The molecule has 1 aliphatic rings. The molecule has 1 amide bonds. The number of nitrogens with zero attached hydrogens (tertiary/aromatic N) is 4. The highest BCUT2D eigenvalue weighted by atomic mass is 16.5. The van der Waals surface area contributed by atoms with E-state index in [4.69, 9.17) is 9.47 Å². The van der Waals surface area contributed by atoms with E-state index in [2.05, 4.69) is 15.1 Å². The summed E-state index contributed by atoms with van der Waals surface area (Å²) in [5, 5.41) is 8.82. The predicted molar refractivity (Wildman–Crippen MR) is 129 cm³/mol. The number of benzene rings is 2. The van der Waals surface area contributed by atoms with E-state index in [-0.39, 0.29) is 12.5 Å². The molecule has 0 saturated carbocycles. The van der Waals surface area contributed by atoms with E-state index in [1.54, 1.807) is 0 Å². The lowest BCUT2D eigenvalue weighted by molar-refractivity contribution is -0.133. The zero-order chi connectivity index (χ0) is 23.2. The van der Waals surface area contributed by atoms with Crippen molar-refractivity contribution in [3.63, 3.8) is 0 Å². The fourth-order valence-electron chi connectivity index (χ4n) is 3.81. The molecule has 0 atom stereocenters. The molecule has 0 radical (unpaired) electrons. The van der Waals surface area contributed by atoms with Crippen molar-refractivity contribution in [3.8, 4) is 22.8 Å². The zero-order valence-corrected chi connectivity index (χ0v) is 19.5. The molecule has 1 aliphatic heterocycles. The van der Waals surface area contributed by atoms with Gasteiger partial charge in [-0.05, 0) is 74.4 Å². The summed E-state index contributed by atoms with van der Waals surface area (Å²) in [6.07, 6.45) is 0. The molecular formula is C26H30N4O3. The molecule has 7 nitrogen and oxygen atoms in total. The number of hydrogen-bond donors (Lipinski definition) is 0. The quantitative estimate of drug-likeness (QED) is 0.549. The number of aromatic nitrogens is 2. The maximum atomic E-state index is 12.6. The maximum Gasteiger partial charge on any atom is 0.260 e. The summed E-state index contributed by atoms with van der Waals surface area (Å²) in [6.45, 7) is 9.37. The van der Waals surface area contributed by atoms with Gasteiger partial charge in [0.1, 0.15) is 11.5 Å². The van der Waals surface area contributed by atoms with Gasteiger partial charge in [0.25, 0.3) is 5.91 Å². The normalized spacial score (nSPS) is 13.7. The topological polar surface area (TPSA) is 67.8 Å². The third-order valence-electron chi connectivity index (χ3n) is 5.76. The van der Waals surface area contributed by atoms with E-state index in [1.807, 2.05) is 80.3 Å². The predicted octanol–water partition coefficient (Wildman–Crippen LogP) is 3.89. The molecule has 2 heterocycles. The van der Waals surface area contributed by atoms with Crippen molar-refractivity contribution in [2.75, 3.05) is 44.3 Å². The lowest BCUT2D eigenvalue weighted by atomic mass is 10.1. The van der Waals surface area contributed by atoms with Gasteiger partial charge in [0.05, 0.1) is 12.3 Å². The van der Waals surface area contributed by atoms with Crippen LogP contribution in [-0.4, -0.2) is 60.4 Å². The second-order valence-corrected chi connectivity index (χ2v) is 8.16. The van der Waals surface area contributed by atoms with Gasteiger partial charge in [-0.15, -0.1) is 10.2 Å². The molecule has 0 bridgehead atoms. The highest BCUT2D eigenvalue weighted by Crippen LogP contribution is 2.23. The Morgan fingerprint density at radius 2 is 1.67 bits per heavy atom. The largest absolute Gasteiger partial charge is 0.494 e. The molecule has 7 heteroatoms. The van der Waals surface area contributed by atoms with Crippen molar-refractivity contribution in [2.24, 2.45) is 0 Å². The summed E-state index contributed by atoms with van der Waals surface area (Å²) in [5.41, 5.74) is 3.97. The summed E-state index contributed by atoms with van der Waals surface area (Å²) in [5.74, 6) is 2.44. The van der Waals surface area contributed by atoms with Gasteiger partial charge in [-0.3, -0.25) is 4.79 Å². The molecule has 0 aliphatic carbocycles. The van der Waals surface area contributed by atoms with Crippen molar-refractivity contribution in [3.05, 3.63) is 65.7 Å². The SMILES string of the molecule is CCOc1ccc(-c2ccc(N3CCN(C(=O)COc4cc(C)ccc4C)CC3)nn2)cc1. The van der Waals surface area contributed by atoms with Gasteiger partial charge < -0.3 is 19.3 Å². The van der Waals surface area contributed by atoms with E-state index in [9.17, 15) is 4.79 Å². The highest BCUT2D eigenvalue weighted by molar-refractivity contribution is 5.78. The zero-order valence-electron chi connectivity index (χ0n) is 19.5. The van der Waals surface area contributed by atoms with Crippen LogP contribution >= 0.6 is 0 Å². The average molecular weight is 447 g/mol. The molecular weight excluding hydrogens is 416 g/mol. The van der Waals surface area contributed by atoms with Crippen molar-refractivity contribution in [1.82, 2.24) is 15.1 Å². The molecule has 1 saturated heterocycles. The minimum absolute atomic E-state index is 0.00693. The first-order valence-corrected chi connectivity index (χ1v) is 11.3. The van der Waals surface area contributed by atoms with Crippen molar-refractivity contribution < 1.29 is 14.3 Å². The Morgan fingerprint density at radius 1 is 0.909 bits per heavy atom. The van der Waals surface area contributed by atoms with Gasteiger partial charge in [-0.2, -0.15) is 0 Å². The molecule has 33 heavy (non-hydrogen) atoms. The summed E-state index contributed by atoms with van der Waals surface area (Å²) in [7, 11) is 0. The second-order valence-electron chi connectivity index (χ2n) is 8.16. The summed E-state index contributed by atoms with van der Waals surface area (Å²) >= 11 is 0. The van der Waals surface area contributed by atoms with Crippen LogP contribution in [0, 0.1) is 13.8 Å². The van der Waals surface area contributed by atoms with Crippen LogP contribution in [0.5, 0.6) is 11.5 Å². The van der Waals surface area contributed by atoms with E-state index in [0.717, 1.165) is 39.7 Å². The van der Waals surface area contributed by atoms with E-state index >= 15 is 0 Å². The molecule has 4 rings (SSSR count). The number of piperazine rings is 1. The van der Waals surface area contributed by atoms with E-state index in [0.29, 0.717) is 32.8 Å². The summed E-state index contributed by atoms with van der Waals surface area (Å²) < 4.78 is 11.3. The molecule has 1 aromatic heterocycles. The Morgan fingerprint density at radius 3 is 2.33 bits per heavy atom. The van der Waals surface area contributed by atoms with Crippen LogP contribution < -0.4 is 14.4 Å². The number of rotatable bonds is 7. The Labute approximate surface area is 195 Å². The first-order chi connectivity index (χ1) is 16.0.